The number of hydrogen-bond acceptors (Lipinski definition) is 4. The lowest BCUT2D eigenvalue weighted by Gasteiger charge is -2.42. The first-order chi connectivity index (χ1) is 15.9. The molecule has 1 N–H and O–H groups in total. The van der Waals surface area contributed by atoms with E-state index in [-0.39, 0.29) is 23.6 Å². The number of nitrogens with zero attached hydrogens (tertiary/aromatic N) is 2. The molecule has 0 aromatic heterocycles. The molecular weight excluding hydrogens is 429 g/mol. The van der Waals surface area contributed by atoms with Crippen molar-refractivity contribution in [2.24, 2.45) is 0 Å². The van der Waals surface area contributed by atoms with Gasteiger partial charge in [0.15, 0.2) is 0 Å². The maximum absolute atomic E-state index is 13.9. The topological polar surface area (TPSA) is 35.9 Å². The molecule has 1 saturated heterocycles. The molecular formula is C26H25F3N2O2. The molecule has 2 heterocycles. The Morgan fingerprint density at radius 2 is 1.45 bits per heavy atom. The smallest absolute Gasteiger partial charge is 0.146 e. The van der Waals surface area contributed by atoms with Crippen molar-refractivity contribution in [1.29, 1.82) is 0 Å². The number of halogens is 3. The average Bonchev–Trinajstić information content (AvgIpc) is 2.81. The molecule has 3 aromatic rings. The lowest BCUT2D eigenvalue weighted by molar-refractivity contribution is -0.0325. The van der Waals surface area contributed by atoms with Crippen LogP contribution in [0.3, 0.4) is 0 Å². The van der Waals surface area contributed by atoms with Crippen LogP contribution in [0.4, 0.5) is 24.5 Å². The van der Waals surface area contributed by atoms with Crippen molar-refractivity contribution in [2.75, 3.05) is 31.1 Å². The minimum Gasteiger partial charge on any atom is -0.485 e. The van der Waals surface area contributed by atoms with E-state index in [1.165, 1.54) is 36.4 Å². The molecule has 0 radical (unpaired) electrons. The molecule has 1 unspecified atom stereocenters. The minimum absolute atomic E-state index is 0.235. The normalized spacial score (nSPS) is 20.2. The number of hydrogen-bond donors (Lipinski definition) is 1. The van der Waals surface area contributed by atoms with Gasteiger partial charge in [-0.1, -0.05) is 12.1 Å². The van der Waals surface area contributed by atoms with Gasteiger partial charge in [0, 0.05) is 31.4 Å². The third-order valence-electron chi connectivity index (χ3n) is 6.56. The number of piperidine rings is 1. The van der Waals surface area contributed by atoms with Crippen molar-refractivity contribution in [2.45, 2.75) is 24.5 Å². The summed E-state index contributed by atoms with van der Waals surface area (Å²) in [6.45, 7) is 2.44. The van der Waals surface area contributed by atoms with Crippen LogP contribution in [-0.4, -0.2) is 42.3 Å². The highest BCUT2D eigenvalue weighted by atomic mass is 19.1. The van der Waals surface area contributed by atoms with E-state index < -0.39 is 5.60 Å². The van der Waals surface area contributed by atoms with E-state index in [1.54, 1.807) is 30.3 Å². The van der Waals surface area contributed by atoms with E-state index >= 15 is 0 Å². The Morgan fingerprint density at radius 1 is 0.848 bits per heavy atom. The van der Waals surface area contributed by atoms with Crippen molar-refractivity contribution < 1.29 is 23.0 Å². The van der Waals surface area contributed by atoms with Gasteiger partial charge in [0.1, 0.15) is 29.3 Å². The second kappa shape index (κ2) is 8.72. The van der Waals surface area contributed by atoms with E-state index in [9.17, 15) is 18.3 Å². The molecule has 1 atom stereocenters. The van der Waals surface area contributed by atoms with Crippen molar-refractivity contribution >= 4 is 11.4 Å². The van der Waals surface area contributed by atoms with E-state index in [4.69, 9.17) is 4.74 Å². The summed E-state index contributed by atoms with van der Waals surface area (Å²) in [4.78, 5) is 4.23. The van der Waals surface area contributed by atoms with Gasteiger partial charge in [-0.2, -0.15) is 0 Å². The Kier molecular flexibility index (Phi) is 5.76. The molecule has 0 spiro atoms. The number of ether oxygens (including phenoxy) is 1. The van der Waals surface area contributed by atoms with Gasteiger partial charge >= 0.3 is 0 Å². The first kappa shape index (κ1) is 21.8. The molecule has 3 aromatic carbocycles. The van der Waals surface area contributed by atoms with E-state index in [2.05, 4.69) is 4.90 Å². The molecule has 172 valence electrons. The second-order valence-electron chi connectivity index (χ2n) is 8.78. The fourth-order valence-corrected chi connectivity index (χ4v) is 4.73. The third kappa shape index (κ3) is 4.56. The lowest BCUT2D eigenvalue weighted by Crippen LogP contribution is -2.49. The van der Waals surface area contributed by atoms with Crippen LogP contribution >= 0.6 is 0 Å². The SMILES string of the molecule is OC1(c2ccc(F)cc2)CCN(CC2CN(c3ccc(F)cc3)c3ccc(F)cc3O2)CC1. The van der Waals surface area contributed by atoms with Crippen molar-refractivity contribution in [3.63, 3.8) is 0 Å². The first-order valence-corrected chi connectivity index (χ1v) is 11.1. The number of aliphatic hydroxyl groups is 1. The van der Waals surface area contributed by atoms with Gasteiger partial charge in [0.2, 0.25) is 0 Å². The molecule has 33 heavy (non-hydrogen) atoms. The van der Waals surface area contributed by atoms with Crippen LogP contribution in [0.15, 0.2) is 66.7 Å². The molecule has 0 bridgehead atoms. The fourth-order valence-electron chi connectivity index (χ4n) is 4.73. The standard InChI is InChI=1S/C26H25F3N2O2/c27-19-3-1-18(2-4-19)26(32)11-13-30(14-12-26)16-23-17-31(22-8-5-20(28)6-9-22)24-10-7-21(29)15-25(24)33-23/h1-10,15,23,32H,11-14,16-17H2. The Labute approximate surface area is 190 Å². The maximum atomic E-state index is 13.9. The number of benzene rings is 3. The number of anilines is 2. The summed E-state index contributed by atoms with van der Waals surface area (Å²) >= 11 is 0. The van der Waals surface area contributed by atoms with Crippen LogP contribution in [0.1, 0.15) is 18.4 Å². The third-order valence-corrected chi connectivity index (χ3v) is 6.56. The summed E-state index contributed by atoms with van der Waals surface area (Å²) in [5.41, 5.74) is 1.29. The summed E-state index contributed by atoms with van der Waals surface area (Å²) in [7, 11) is 0. The molecule has 4 nitrogen and oxygen atoms in total. The Bertz CT molecular complexity index is 1110. The summed E-state index contributed by atoms with van der Waals surface area (Å²) < 4.78 is 46.8. The highest BCUT2D eigenvalue weighted by Crippen LogP contribution is 2.39. The zero-order valence-corrected chi connectivity index (χ0v) is 18.1. The highest BCUT2D eigenvalue weighted by molar-refractivity contribution is 5.70. The minimum atomic E-state index is -0.979. The van der Waals surface area contributed by atoms with E-state index in [0.717, 1.165) is 16.9 Å². The van der Waals surface area contributed by atoms with Crippen molar-refractivity contribution in [3.05, 3.63) is 89.7 Å². The van der Waals surface area contributed by atoms with Gasteiger partial charge in [-0.25, -0.2) is 13.2 Å². The monoisotopic (exact) mass is 454 g/mol. The molecule has 7 heteroatoms. The zero-order valence-electron chi connectivity index (χ0n) is 18.1. The van der Waals surface area contributed by atoms with Gasteiger partial charge in [0.05, 0.1) is 17.8 Å². The Hall–Kier alpha value is -3.03. The predicted molar refractivity (Wildman–Crippen MR) is 120 cm³/mol. The Balaban J connectivity index is 1.30. The van der Waals surface area contributed by atoms with Crippen LogP contribution in [0.2, 0.25) is 0 Å². The largest absolute Gasteiger partial charge is 0.485 e. The van der Waals surface area contributed by atoms with Crippen LogP contribution in [0.5, 0.6) is 5.75 Å². The number of rotatable bonds is 4. The molecule has 5 rings (SSSR count). The maximum Gasteiger partial charge on any atom is 0.146 e. The summed E-state index contributed by atoms with van der Waals surface area (Å²) in [6, 6.07) is 16.7. The fraction of sp³-hybridized carbons (Fsp3) is 0.308. The van der Waals surface area contributed by atoms with Gasteiger partial charge in [0.25, 0.3) is 0 Å². The summed E-state index contributed by atoms with van der Waals surface area (Å²) in [5, 5.41) is 11.1. The highest BCUT2D eigenvalue weighted by Gasteiger charge is 2.36. The lowest BCUT2D eigenvalue weighted by atomic mass is 9.84. The van der Waals surface area contributed by atoms with E-state index in [1.807, 2.05) is 4.90 Å². The quantitative estimate of drug-likeness (QED) is 0.603. The van der Waals surface area contributed by atoms with Gasteiger partial charge in [-0.05, 0) is 66.9 Å². The summed E-state index contributed by atoms with van der Waals surface area (Å²) in [5.74, 6) is -0.562. The molecule has 1 fully saturated rings. The van der Waals surface area contributed by atoms with Gasteiger partial charge in [-0.3, -0.25) is 4.90 Å². The molecule has 2 aliphatic rings. The van der Waals surface area contributed by atoms with Crippen LogP contribution in [0.25, 0.3) is 0 Å². The van der Waals surface area contributed by atoms with Crippen molar-refractivity contribution in [1.82, 2.24) is 4.90 Å². The van der Waals surface area contributed by atoms with Crippen LogP contribution in [0, 0.1) is 17.5 Å². The molecule has 0 aliphatic carbocycles. The number of likely N-dealkylation sites (tertiary alicyclic amines) is 1. The van der Waals surface area contributed by atoms with Crippen molar-refractivity contribution in [3.8, 4) is 5.75 Å². The first-order valence-electron chi connectivity index (χ1n) is 11.1. The van der Waals surface area contributed by atoms with E-state index in [0.29, 0.717) is 44.8 Å². The van der Waals surface area contributed by atoms with Crippen LogP contribution in [-0.2, 0) is 5.60 Å². The number of fused-ring (bicyclic) bond motifs is 1. The van der Waals surface area contributed by atoms with Gasteiger partial charge < -0.3 is 14.7 Å². The molecule has 2 aliphatic heterocycles. The summed E-state index contributed by atoms with van der Waals surface area (Å²) in [6.07, 6.45) is 0.817. The predicted octanol–water partition coefficient (Wildman–Crippen LogP) is 4.99. The Morgan fingerprint density at radius 3 is 2.12 bits per heavy atom. The zero-order chi connectivity index (χ0) is 23.0. The molecule has 0 saturated carbocycles. The second-order valence-corrected chi connectivity index (χ2v) is 8.78. The average molecular weight is 454 g/mol. The molecule has 0 amide bonds. The van der Waals surface area contributed by atoms with Gasteiger partial charge in [-0.15, -0.1) is 0 Å². The van der Waals surface area contributed by atoms with Crippen LogP contribution < -0.4 is 9.64 Å².